The number of halogens is 1. The van der Waals surface area contributed by atoms with Gasteiger partial charge in [-0.1, -0.05) is 13.8 Å². The second-order valence-corrected chi connectivity index (χ2v) is 7.39. The Morgan fingerprint density at radius 3 is 2.52 bits per heavy atom. The van der Waals surface area contributed by atoms with Crippen molar-refractivity contribution in [2.75, 3.05) is 19.0 Å². The van der Waals surface area contributed by atoms with E-state index in [4.69, 9.17) is 14.7 Å². The molecule has 0 aliphatic heterocycles. The van der Waals surface area contributed by atoms with Crippen molar-refractivity contribution in [3.05, 3.63) is 16.0 Å². The number of rotatable bonds is 5. The zero-order valence-electron chi connectivity index (χ0n) is 13.5. The average Bonchev–Trinajstić information content (AvgIpc) is 2.43. The van der Waals surface area contributed by atoms with Gasteiger partial charge in [0, 0.05) is 19.6 Å². The summed E-state index contributed by atoms with van der Waals surface area (Å²) in [6.45, 7) is 8.14. The molecule has 5 heteroatoms. The molecule has 1 fully saturated rings. The van der Waals surface area contributed by atoms with E-state index in [1.54, 1.807) is 7.11 Å². The summed E-state index contributed by atoms with van der Waals surface area (Å²) in [6, 6.07) is 0. The van der Waals surface area contributed by atoms with Gasteiger partial charge in [-0.2, -0.15) is 0 Å². The van der Waals surface area contributed by atoms with E-state index >= 15 is 0 Å². The molecule has 0 radical (unpaired) electrons. The van der Waals surface area contributed by atoms with Crippen LogP contribution in [0.15, 0.2) is 4.47 Å². The van der Waals surface area contributed by atoms with Crippen LogP contribution in [0.2, 0.25) is 0 Å². The summed E-state index contributed by atoms with van der Waals surface area (Å²) < 4.78 is 6.19. The monoisotopic (exact) mass is 355 g/mol. The minimum absolute atomic E-state index is 0.464. The van der Waals surface area contributed by atoms with Crippen LogP contribution in [-0.4, -0.2) is 23.6 Å². The van der Waals surface area contributed by atoms with E-state index in [1.807, 2.05) is 0 Å². The van der Waals surface area contributed by atoms with Gasteiger partial charge in [-0.25, -0.2) is 9.97 Å². The van der Waals surface area contributed by atoms with Gasteiger partial charge in [-0.05, 0) is 54.0 Å². The second-order valence-electron chi connectivity index (χ2n) is 6.59. The number of aromatic nitrogens is 2. The van der Waals surface area contributed by atoms with E-state index in [0.29, 0.717) is 17.9 Å². The Bertz CT molecular complexity index is 453. The van der Waals surface area contributed by atoms with Gasteiger partial charge in [0.25, 0.3) is 0 Å². The molecule has 0 aromatic carbocycles. The van der Waals surface area contributed by atoms with E-state index in [-0.39, 0.29) is 0 Å². The van der Waals surface area contributed by atoms with Crippen LogP contribution in [0.4, 0.5) is 5.82 Å². The molecule has 1 saturated carbocycles. The van der Waals surface area contributed by atoms with Crippen molar-refractivity contribution in [3.8, 4) is 0 Å². The van der Waals surface area contributed by atoms with Crippen molar-refractivity contribution in [3.63, 3.8) is 0 Å². The lowest BCUT2D eigenvalue weighted by Crippen LogP contribution is -2.22. The third-order valence-corrected chi connectivity index (χ3v) is 5.10. The summed E-state index contributed by atoms with van der Waals surface area (Å²) in [5.74, 6) is 2.33. The minimum Gasteiger partial charge on any atom is -0.378 e. The molecule has 0 spiro atoms. The van der Waals surface area contributed by atoms with Gasteiger partial charge in [-0.3, -0.25) is 0 Å². The molecule has 0 saturated heterocycles. The fourth-order valence-electron chi connectivity index (χ4n) is 2.87. The molecule has 0 atom stereocenters. The SMILES string of the molecule is CCNc1nc(C2CCC(C)(C)CC2)nc(COC)c1Br. The van der Waals surface area contributed by atoms with E-state index in [1.165, 1.54) is 25.7 Å². The highest BCUT2D eigenvalue weighted by molar-refractivity contribution is 9.10. The standard InChI is InChI=1S/C16H26BrN3O/c1-5-18-15-13(17)12(10-21-4)19-14(20-15)11-6-8-16(2,3)9-7-11/h11H,5-10H2,1-4H3,(H,18,19,20). The topological polar surface area (TPSA) is 47.0 Å². The molecule has 1 aliphatic carbocycles. The molecule has 21 heavy (non-hydrogen) atoms. The maximum atomic E-state index is 5.27. The quantitative estimate of drug-likeness (QED) is 0.844. The Kier molecular flexibility index (Phi) is 5.60. The van der Waals surface area contributed by atoms with Crippen LogP contribution in [0.5, 0.6) is 0 Å². The van der Waals surface area contributed by atoms with E-state index in [2.05, 4.69) is 42.0 Å². The third-order valence-electron chi connectivity index (χ3n) is 4.27. The Labute approximate surface area is 136 Å². The van der Waals surface area contributed by atoms with Crippen molar-refractivity contribution in [1.29, 1.82) is 0 Å². The lowest BCUT2D eigenvalue weighted by molar-refractivity contribution is 0.179. The maximum Gasteiger partial charge on any atom is 0.144 e. The number of methoxy groups -OCH3 is 1. The fourth-order valence-corrected chi connectivity index (χ4v) is 3.30. The van der Waals surface area contributed by atoms with Crippen LogP contribution < -0.4 is 5.32 Å². The summed E-state index contributed by atoms with van der Waals surface area (Å²) in [5, 5.41) is 3.32. The Hall–Kier alpha value is -0.680. The number of nitrogens with one attached hydrogen (secondary N) is 1. The normalized spacial score (nSPS) is 18.7. The number of nitrogens with zero attached hydrogens (tertiary/aromatic N) is 2. The molecule has 1 aromatic rings. The zero-order valence-corrected chi connectivity index (χ0v) is 15.1. The minimum atomic E-state index is 0.464. The molecular weight excluding hydrogens is 330 g/mol. The van der Waals surface area contributed by atoms with Gasteiger partial charge in [-0.15, -0.1) is 0 Å². The zero-order chi connectivity index (χ0) is 15.5. The van der Waals surface area contributed by atoms with Gasteiger partial charge in [0.05, 0.1) is 16.8 Å². The van der Waals surface area contributed by atoms with Crippen LogP contribution in [0.1, 0.15) is 63.9 Å². The predicted molar refractivity (Wildman–Crippen MR) is 89.6 cm³/mol. The van der Waals surface area contributed by atoms with Crippen LogP contribution in [0.3, 0.4) is 0 Å². The molecule has 1 aliphatic rings. The van der Waals surface area contributed by atoms with Gasteiger partial charge >= 0.3 is 0 Å². The summed E-state index contributed by atoms with van der Waals surface area (Å²) in [5.41, 5.74) is 1.40. The molecule has 0 bridgehead atoms. The lowest BCUT2D eigenvalue weighted by atomic mass is 9.73. The summed E-state index contributed by atoms with van der Waals surface area (Å²) in [6.07, 6.45) is 4.83. The molecule has 0 amide bonds. The van der Waals surface area contributed by atoms with Crippen molar-refractivity contribution in [1.82, 2.24) is 9.97 Å². The molecule has 118 valence electrons. The Morgan fingerprint density at radius 2 is 1.95 bits per heavy atom. The van der Waals surface area contributed by atoms with E-state index in [0.717, 1.165) is 28.4 Å². The van der Waals surface area contributed by atoms with E-state index < -0.39 is 0 Å². The van der Waals surface area contributed by atoms with Crippen molar-refractivity contribution >= 4 is 21.7 Å². The lowest BCUT2D eigenvalue weighted by Gasteiger charge is -2.33. The van der Waals surface area contributed by atoms with Gasteiger partial charge in [0.2, 0.25) is 0 Å². The molecular formula is C16H26BrN3O. The summed E-state index contributed by atoms with van der Waals surface area (Å²) >= 11 is 3.59. The first-order valence-corrected chi connectivity index (χ1v) is 8.55. The van der Waals surface area contributed by atoms with Gasteiger partial charge in [0.15, 0.2) is 0 Å². The average molecular weight is 356 g/mol. The van der Waals surface area contributed by atoms with Crippen LogP contribution in [0, 0.1) is 5.41 Å². The predicted octanol–water partition coefficient (Wildman–Crippen LogP) is 4.50. The van der Waals surface area contributed by atoms with Crippen LogP contribution >= 0.6 is 15.9 Å². The third kappa shape index (κ3) is 4.16. The van der Waals surface area contributed by atoms with Crippen LogP contribution in [-0.2, 0) is 11.3 Å². The highest BCUT2D eigenvalue weighted by Gasteiger charge is 2.29. The Balaban J connectivity index is 2.26. The maximum absolute atomic E-state index is 5.27. The molecule has 0 unspecified atom stereocenters. The van der Waals surface area contributed by atoms with Crippen molar-refractivity contribution < 1.29 is 4.74 Å². The fraction of sp³-hybridized carbons (Fsp3) is 0.750. The second kappa shape index (κ2) is 7.05. The van der Waals surface area contributed by atoms with Crippen molar-refractivity contribution in [2.45, 2.75) is 59.0 Å². The molecule has 1 aromatic heterocycles. The summed E-state index contributed by atoms with van der Waals surface area (Å²) in [4.78, 5) is 9.51. The number of anilines is 1. The highest BCUT2D eigenvalue weighted by atomic mass is 79.9. The van der Waals surface area contributed by atoms with Gasteiger partial charge in [0.1, 0.15) is 11.6 Å². The number of hydrogen-bond donors (Lipinski definition) is 1. The van der Waals surface area contributed by atoms with Gasteiger partial charge < -0.3 is 10.1 Å². The highest BCUT2D eigenvalue weighted by Crippen LogP contribution is 2.42. The molecule has 1 N–H and O–H groups in total. The molecule has 2 rings (SSSR count). The first kappa shape index (κ1) is 16.7. The first-order valence-electron chi connectivity index (χ1n) is 7.76. The number of hydrogen-bond acceptors (Lipinski definition) is 4. The van der Waals surface area contributed by atoms with Crippen LogP contribution in [0.25, 0.3) is 0 Å². The largest absolute Gasteiger partial charge is 0.378 e. The molecule has 1 heterocycles. The van der Waals surface area contributed by atoms with E-state index in [9.17, 15) is 0 Å². The summed E-state index contributed by atoms with van der Waals surface area (Å²) in [7, 11) is 1.70. The Morgan fingerprint density at radius 1 is 1.29 bits per heavy atom. The molecule has 4 nitrogen and oxygen atoms in total. The van der Waals surface area contributed by atoms with Crippen molar-refractivity contribution in [2.24, 2.45) is 5.41 Å². The first-order chi connectivity index (χ1) is 9.96. The number of ether oxygens (including phenoxy) is 1. The smallest absolute Gasteiger partial charge is 0.144 e.